The number of rotatable bonds is 9. The molecule has 0 bridgehead atoms. The summed E-state index contributed by atoms with van der Waals surface area (Å²) in [5, 5.41) is 26.0. The molecule has 94 valence electrons. The fraction of sp³-hybridized carbons (Fsp3) is 0.778. The summed E-state index contributed by atoms with van der Waals surface area (Å²) in [7, 11) is 1.63. The second-order valence-corrected chi connectivity index (χ2v) is 3.08. The van der Waals surface area contributed by atoms with Gasteiger partial charge in [-0.1, -0.05) is 0 Å². The van der Waals surface area contributed by atoms with Gasteiger partial charge in [0.05, 0.1) is 12.9 Å². The minimum Gasteiger partial charge on any atom is -0.381 e. The van der Waals surface area contributed by atoms with Gasteiger partial charge in [0.2, 0.25) is 0 Å². The molecule has 0 radical (unpaired) electrons. The van der Waals surface area contributed by atoms with Gasteiger partial charge in [-0.2, -0.15) is 0 Å². The number of hydrogen-bond acceptors (Lipinski definition) is 6. The van der Waals surface area contributed by atoms with Crippen LogP contribution in [0.2, 0.25) is 0 Å². The average molecular weight is 231 g/mol. The highest BCUT2D eigenvalue weighted by Gasteiger charge is 1.94. The fourth-order valence-electron chi connectivity index (χ4n) is 0.834. The van der Waals surface area contributed by atoms with Crippen molar-refractivity contribution in [2.45, 2.75) is 19.3 Å². The molecule has 0 aliphatic carbocycles. The third-order valence-corrected chi connectivity index (χ3v) is 1.73. The molecular formula is C9H21N5O2. The minimum atomic E-state index is -0.747. The normalized spacial score (nSPS) is 16.0. The smallest absolute Gasteiger partial charge is 0.141 e. The third-order valence-electron chi connectivity index (χ3n) is 1.73. The zero-order valence-corrected chi connectivity index (χ0v) is 9.72. The topological polar surface area (TPSA) is 101 Å². The summed E-state index contributed by atoms with van der Waals surface area (Å²) in [6.45, 7) is 3.25. The zero-order chi connectivity index (χ0) is 12.2. The Bertz CT molecular complexity index is 210. The lowest BCUT2D eigenvalue weighted by molar-refractivity contribution is 0.219. The van der Waals surface area contributed by atoms with Gasteiger partial charge in [-0.25, -0.2) is 4.99 Å². The van der Waals surface area contributed by atoms with Crippen LogP contribution >= 0.6 is 0 Å². The van der Waals surface area contributed by atoms with Crippen LogP contribution in [0.3, 0.4) is 0 Å². The summed E-state index contributed by atoms with van der Waals surface area (Å²) < 4.78 is 0. The van der Waals surface area contributed by atoms with Gasteiger partial charge in [0.25, 0.3) is 0 Å². The highest BCUT2D eigenvalue weighted by Crippen LogP contribution is 1.81. The van der Waals surface area contributed by atoms with Gasteiger partial charge in [0, 0.05) is 19.3 Å². The van der Waals surface area contributed by atoms with Crippen LogP contribution in [-0.4, -0.2) is 62.0 Å². The van der Waals surface area contributed by atoms with E-state index in [0.717, 1.165) is 0 Å². The summed E-state index contributed by atoms with van der Waals surface area (Å²) >= 11 is 0. The molecule has 7 nitrogen and oxygen atoms in total. The summed E-state index contributed by atoms with van der Waals surface area (Å²) in [5.41, 5.74) is 0. The first-order chi connectivity index (χ1) is 7.70. The van der Waals surface area contributed by atoms with Crippen LogP contribution in [0.15, 0.2) is 9.98 Å². The van der Waals surface area contributed by atoms with E-state index in [1.54, 1.807) is 7.05 Å². The first-order valence-corrected chi connectivity index (χ1v) is 5.16. The van der Waals surface area contributed by atoms with Crippen molar-refractivity contribution in [2.75, 3.05) is 26.9 Å². The molecule has 0 saturated heterocycles. The number of aliphatic hydroxyl groups excluding tert-OH is 2. The van der Waals surface area contributed by atoms with E-state index in [1.165, 1.54) is 12.6 Å². The molecule has 0 heterocycles. The second kappa shape index (κ2) is 10.7. The van der Waals surface area contributed by atoms with Crippen molar-refractivity contribution in [2.24, 2.45) is 9.98 Å². The van der Waals surface area contributed by atoms with E-state index in [1.807, 2.05) is 6.92 Å². The Hall–Kier alpha value is -0.860. The van der Waals surface area contributed by atoms with E-state index in [0.29, 0.717) is 13.1 Å². The molecule has 0 fully saturated rings. The lowest BCUT2D eigenvalue weighted by atomic mass is 10.5. The predicted molar refractivity (Wildman–Crippen MR) is 64.6 cm³/mol. The Morgan fingerprint density at radius 3 is 2.75 bits per heavy atom. The molecule has 0 aromatic carbocycles. The number of aliphatic imine (C=N–C) groups is 2. The molecule has 5 N–H and O–H groups in total. The Kier molecular flexibility index (Phi) is 10.1. The highest BCUT2D eigenvalue weighted by atomic mass is 16.3. The van der Waals surface area contributed by atoms with Gasteiger partial charge in [-0.3, -0.25) is 20.9 Å². The van der Waals surface area contributed by atoms with E-state index < -0.39 is 6.23 Å². The van der Waals surface area contributed by atoms with Crippen molar-refractivity contribution < 1.29 is 10.2 Å². The lowest BCUT2D eigenvalue weighted by Crippen LogP contribution is -2.32. The molecule has 16 heavy (non-hydrogen) atoms. The summed E-state index contributed by atoms with van der Waals surface area (Å²) in [5.74, 6) is 0. The van der Waals surface area contributed by atoms with Crippen LogP contribution in [0.5, 0.6) is 0 Å². The van der Waals surface area contributed by atoms with Crippen molar-refractivity contribution in [3.8, 4) is 0 Å². The molecule has 7 heteroatoms. The maximum atomic E-state index is 9.05. The Morgan fingerprint density at radius 2 is 2.12 bits per heavy atom. The number of aliphatic hydroxyl groups is 2. The van der Waals surface area contributed by atoms with Crippen LogP contribution in [0, 0.1) is 0 Å². The summed E-state index contributed by atoms with van der Waals surface area (Å²) in [6, 6.07) is 0. The predicted octanol–water partition coefficient (Wildman–Crippen LogP) is -1.90. The van der Waals surface area contributed by atoms with Gasteiger partial charge >= 0.3 is 0 Å². The van der Waals surface area contributed by atoms with Crippen molar-refractivity contribution in [3.63, 3.8) is 0 Å². The van der Waals surface area contributed by atoms with E-state index in [2.05, 4.69) is 25.9 Å². The van der Waals surface area contributed by atoms with E-state index in [-0.39, 0.29) is 12.9 Å². The Labute approximate surface area is 95.7 Å². The second-order valence-electron chi connectivity index (χ2n) is 3.08. The van der Waals surface area contributed by atoms with Gasteiger partial charge in [0.15, 0.2) is 0 Å². The summed E-state index contributed by atoms with van der Waals surface area (Å²) in [4.78, 5) is 7.87. The molecule has 0 aromatic heterocycles. The Balaban J connectivity index is 3.57. The van der Waals surface area contributed by atoms with Crippen molar-refractivity contribution in [3.05, 3.63) is 0 Å². The molecule has 0 saturated carbocycles. The van der Waals surface area contributed by atoms with E-state index in [9.17, 15) is 0 Å². The van der Waals surface area contributed by atoms with Crippen LogP contribution < -0.4 is 16.0 Å². The number of nitrogens with zero attached hydrogens (tertiary/aromatic N) is 2. The molecule has 2 atom stereocenters. The van der Waals surface area contributed by atoms with Crippen LogP contribution in [0.4, 0.5) is 0 Å². The first-order valence-electron chi connectivity index (χ1n) is 5.16. The van der Waals surface area contributed by atoms with Gasteiger partial charge < -0.3 is 10.2 Å². The molecule has 0 aromatic rings. The van der Waals surface area contributed by atoms with Crippen molar-refractivity contribution in [1.82, 2.24) is 16.0 Å². The molecule has 0 aliphatic heterocycles. The average Bonchev–Trinajstić information content (AvgIpc) is 2.30. The molecule has 0 spiro atoms. The molecule has 0 rings (SSSR count). The highest BCUT2D eigenvalue weighted by molar-refractivity contribution is 5.74. The van der Waals surface area contributed by atoms with Gasteiger partial charge in [-0.05, 0) is 14.0 Å². The zero-order valence-electron chi connectivity index (χ0n) is 9.72. The molecule has 0 aliphatic rings. The van der Waals surface area contributed by atoms with Crippen LogP contribution in [-0.2, 0) is 0 Å². The standard InChI is InChI=1S/C9H21N5O2/c1-8(13-4-3-11-7-15)14-6-12-5-9(16)10-2/h5-6,8-11,13,15-16H,3-4,7H2,1-2H3/b12-5+,14-6-. The van der Waals surface area contributed by atoms with Gasteiger partial charge in [0.1, 0.15) is 12.6 Å². The fourth-order valence-corrected chi connectivity index (χ4v) is 0.834. The van der Waals surface area contributed by atoms with Crippen LogP contribution in [0.1, 0.15) is 6.92 Å². The van der Waals surface area contributed by atoms with E-state index >= 15 is 0 Å². The molecule has 0 amide bonds. The number of nitrogens with one attached hydrogen (secondary N) is 3. The maximum absolute atomic E-state index is 9.05. The van der Waals surface area contributed by atoms with Crippen molar-refractivity contribution in [1.29, 1.82) is 0 Å². The summed E-state index contributed by atoms with van der Waals surface area (Å²) in [6.07, 6.45) is 1.94. The maximum Gasteiger partial charge on any atom is 0.141 e. The largest absolute Gasteiger partial charge is 0.381 e. The molecular weight excluding hydrogens is 210 g/mol. The SMILES string of the molecule is CNC(O)/C=N/C=N\C(C)NCCNCO. The monoisotopic (exact) mass is 231 g/mol. The lowest BCUT2D eigenvalue weighted by Gasteiger charge is -2.08. The molecule has 2 unspecified atom stereocenters. The minimum absolute atomic E-state index is 0.0223. The Morgan fingerprint density at radius 1 is 1.38 bits per heavy atom. The van der Waals surface area contributed by atoms with E-state index in [4.69, 9.17) is 10.2 Å². The van der Waals surface area contributed by atoms with Crippen molar-refractivity contribution >= 4 is 12.6 Å². The van der Waals surface area contributed by atoms with Crippen LogP contribution in [0.25, 0.3) is 0 Å². The number of hydrogen-bond donors (Lipinski definition) is 5. The quantitative estimate of drug-likeness (QED) is 0.138. The third kappa shape index (κ3) is 9.69. The first kappa shape index (κ1) is 15.1. The van der Waals surface area contributed by atoms with Gasteiger partial charge in [-0.15, -0.1) is 0 Å².